The summed E-state index contributed by atoms with van der Waals surface area (Å²) in [6, 6.07) is 8.50. The fourth-order valence-corrected chi connectivity index (χ4v) is 3.34. The molecular formula is C16H15FN4OS2. The zero-order valence-corrected chi connectivity index (χ0v) is 14.7. The molecule has 5 nitrogen and oxygen atoms in total. The van der Waals surface area contributed by atoms with E-state index in [4.69, 9.17) is 0 Å². The van der Waals surface area contributed by atoms with E-state index in [9.17, 15) is 9.18 Å². The van der Waals surface area contributed by atoms with Crippen molar-refractivity contribution in [3.8, 4) is 10.7 Å². The lowest BCUT2D eigenvalue weighted by Gasteiger charge is -2.10. The zero-order chi connectivity index (χ0) is 17.1. The van der Waals surface area contributed by atoms with E-state index in [2.05, 4.69) is 20.5 Å². The third kappa shape index (κ3) is 3.82. The summed E-state index contributed by atoms with van der Waals surface area (Å²) < 4.78 is 13.5. The molecule has 1 aromatic carbocycles. The first kappa shape index (κ1) is 16.7. The molecule has 8 heteroatoms. The van der Waals surface area contributed by atoms with Crippen molar-refractivity contribution in [2.24, 2.45) is 0 Å². The Labute approximate surface area is 146 Å². The summed E-state index contributed by atoms with van der Waals surface area (Å²) in [4.78, 5) is 17.6. The molecule has 0 saturated heterocycles. The number of amides is 1. The van der Waals surface area contributed by atoms with E-state index in [0.29, 0.717) is 22.2 Å². The number of hydrogen-bond donors (Lipinski definition) is 2. The van der Waals surface area contributed by atoms with Crippen molar-refractivity contribution in [2.75, 3.05) is 5.32 Å². The predicted octanol–water partition coefficient (Wildman–Crippen LogP) is 4.10. The molecule has 0 fully saturated rings. The SMILES string of the molecule is Cc1ccc(NC(=O)[C@@H](C)Sc2n[nH]c(-c3cccs3)n2)cc1F. The van der Waals surface area contributed by atoms with Crippen LogP contribution in [0.1, 0.15) is 12.5 Å². The molecule has 0 aliphatic carbocycles. The van der Waals surface area contributed by atoms with Crippen molar-refractivity contribution < 1.29 is 9.18 Å². The molecule has 0 spiro atoms. The Bertz CT molecular complexity index is 848. The monoisotopic (exact) mass is 362 g/mol. The highest BCUT2D eigenvalue weighted by molar-refractivity contribution is 8.00. The molecule has 2 heterocycles. The minimum atomic E-state index is -0.415. The molecule has 3 aromatic rings. The molecular weight excluding hydrogens is 347 g/mol. The van der Waals surface area contributed by atoms with Crippen LogP contribution in [0.4, 0.5) is 10.1 Å². The maximum Gasteiger partial charge on any atom is 0.237 e. The van der Waals surface area contributed by atoms with Crippen LogP contribution < -0.4 is 5.32 Å². The number of aromatic amines is 1. The van der Waals surface area contributed by atoms with Gasteiger partial charge >= 0.3 is 0 Å². The number of hydrogen-bond acceptors (Lipinski definition) is 5. The Kier molecular flexibility index (Phi) is 4.96. The Hall–Kier alpha value is -2.19. The van der Waals surface area contributed by atoms with Gasteiger partial charge in [0, 0.05) is 5.69 Å². The Morgan fingerprint density at radius 3 is 2.96 bits per heavy atom. The summed E-state index contributed by atoms with van der Waals surface area (Å²) in [5.74, 6) is 0.106. The van der Waals surface area contributed by atoms with E-state index in [1.165, 1.54) is 17.8 Å². The zero-order valence-electron chi connectivity index (χ0n) is 13.0. The van der Waals surface area contributed by atoms with Gasteiger partial charge in [0.2, 0.25) is 11.1 Å². The maximum absolute atomic E-state index is 13.5. The quantitative estimate of drug-likeness (QED) is 0.671. The van der Waals surface area contributed by atoms with E-state index in [1.54, 1.807) is 37.3 Å². The molecule has 2 aromatic heterocycles. The molecule has 1 atom stereocenters. The van der Waals surface area contributed by atoms with Gasteiger partial charge in [-0.25, -0.2) is 9.37 Å². The molecule has 24 heavy (non-hydrogen) atoms. The lowest BCUT2D eigenvalue weighted by molar-refractivity contribution is -0.115. The van der Waals surface area contributed by atoms with Crippen molar-refractivity contribution in [3.05, 3.63) is 47.1 Å². The summed E-state index contributed by atoms with van der Waals surface area (Å²) >= 11 is 2.80. The number of H-pyrrole nitrogens is 1. The van der Waals surface area contributed by atoms with Crippen LogP contribution in [0.15, 0.2) is 40.9 Å². The standard InChI is InChI=1S/C16H15FN4OS2/c1-9-5-6-11(8-12(9)17)18-15(22)10(2)24-16-19-14(20-21-16)13-4-3-7-23-13/h3-8,10H,1-2H3,(H,18,22)(H,19,20,21)/t10-/m1/s1. The summed E-state index contributed by atoms with van der Waals surface area (Å²) in [5, 5.41) is 11.7. The van der Waals surface area contributed by atoms with E-state index >= 15 is 0 Å². The van der Waals surface area contributed by atoms with E-state index in [-0.39, 0.29) is 11.7 Å². The van der Waals surface area contributed by atoms with Gasteiger partial charge in [0.25, 0.3) is 0 Å². The average Bonchev–Trinajstić information content (AvgIpc) is 3.21. The van der Waals surface area contributed by atoms with Crippen molar-refractivity contribution in [2.45, 2.75) is 24.3 Å². The molecule has 0 aliphatic rings. The first-order chi connectivity index (χ1) is 11.5. The number of nitrogens with one attached hydrogen (secondary N) is 2. The highest BCUT2D eigenvalue weighted by atomic mass is 32.2. The van der Waals surface area contributed by atoms with Gasteiger partial charge in [-0.2, -0.15) is 0 Å². The van der Waals surface area contributed by atoms with Crippen molar-refractivity contribution in [3.63, 3.8) is 0 Å². The molecule has 0 unspecified atom stereocenters. The van der Waals surface area contributed by atoms with Crippen LogP contribution in [-0.2, 0) is 4.79 Å². The number of aromatic nitrogens is 3. The molecule has 0 saturated carbocycles. The van der Waals surface area contributed by atoms with E-state index in [1.807, 2.05) is 17.5 Å². The number of benzene rings is 1. The smallest absolute Gasteiger partial charge is 0.237 e. The molecule has 124 valence electrons. The fraction of sp³-hybridized carbons (Fsp3) is 0.188. The van der Waals surface area contributed by atoms with E-state index < -0.39 is 5.25 Å². The second kappa shape index (κ2) is 7.14. The minimum absolute atomic E-state index is 0.231. The van der Waals surface area contributed by atoms with Crippen LogP contribution >= 0.6 is 23.1 Å². The lowest BCUT2D eigenvalue weighted by Crippen LogP contribution is -2.22. The summed E-state index contributed by atoms with van der Waals surface area (Å²) in [7, 11) is 0. The Morgan fingerprint density at radius 2 is 2.25 bits per heavy atom. The van der Waals surface area contributed by atoms with E-state index in [0.717, 1.165) is 4.88 Å². The number of anilines is 1. The predicted molar refractivity (Wildman–Crippen MR) is 94.8 cm³/mol. The normalized spacial score (nSPS) is 12.1. The van der Waals surface area contributed by atoms with Crippen LogP contribution in [0.3, 0.4) is 0 Å². The number of thiophene rings is 1. The van der Waals surface area contributed by atoms with Gasteiger partial charge in [-0.15, -0.1) is 16.4 Å². The topological polar surface area (TPSA) is 70.7 Å². The van der Waals surface area contributed by atoms with Gasteiger partial charge in [-0.1, -0.05) is 23.9 Å². The molecule has 1 amide bonds. The van der Waals surface area contributed by atoms with Gasteiger partial charge in [-0.05, 0) is 43.0 Å². The Morgan fingerprint density at radius 1 is 1.42 bits per heavy atom. The van der Waals surface area contributed by atoms with Crippen molar-refractivity contribution in [1.82, 2.24) is 15.2 Å². The average molecular weight is 362 g/mol. The van der Waals surface area contributed by atoms with Crippen molar-refractivity contribution >= 4 is 34.7 Å². The number of nitrogens with zero attached hydrogens (tertiary/aromatic N) is 2. The van der Waals surface area contributed by atoms with Crippen molar-refractivity contribution in [1.29, 1.82) is 0 Å². The van der Waals surface area contributed by atoms with Gasteiger partial charge in [0.05, 0.1) is 10.1 Å². The number of rotatable bonds is 5. The van der Waals surface area contributed by atoms with Crippen LogP contribution in [0.25, 0.3) is 10.7 Å². The highest BCUT2D eigenvalue weighted by Gasteiger charge is 2.18. The van der Waals surface area contributed by atoms with Gasteiger partial charge in [0.1, 0.15) is 5.82 Å². The lowest BCUT2D eigenvalue weighted by atomic mass is 10.2. The van der Waals surface area contributed by atoms with Crippen LogP contribution in [0.2, 0.25) is 0 Å². The number of carbonyl (C=O) groups is 1. The van der Waals surface area contributed by atoms with Crippen LogP contribution in [-0.4, -0.2) is 26.3 Å². The Balaban J connectivity index is 1.62. The molecule has 3 rings (SSSR count). The fourth-order valence-electron chi connectivity index (χ4n) is 1.95. The van der Waals surface area contributed by atoms with Crippen LogP contribution in [0.5, 0.6) is 0 Å². The second-order valence-corrected chi connectivity index (χ2v) is 7.41. The molecule has 0 radical (unpaired) electrons. The highest BCUT2D eigenvalue weighted by Crippen LogP contribution is 2.26. The number of halogens is 1. The number of aryl methyl sites for hydroxylation is 1. The largest absolute Gasteiger partial charge is 0.325 e. The first-order valence-electron chi connectivity index (χ1n) is 7.23. The van der Waals surface area contributed by atoms with Crippen LogP contribution in [0, 0.1) is 12.7 Å². The minimum Gasteiger partial charge on any atom is -0.325 e. The third-order valence-electron chi connectivity index (χ3n) is 3.31. The maximum atomic E-state index is 13.5. The van der Waals surface area contributed by atoms with Gasteiger partial charge in [0.15, 0.2) is 5.82 Å². The molecule has 2 N–H and O–H groups in total. The number of thioether (sulfide) groups is 1. The summed E-state index contributed by atoms with van der Waals surface area (Å²) in [6.45, 7) is 3.43. The molecule has 0 bridgehead atoms. The van der Waals surface area contributed by atoms with Gasteiger partial charge in [-0.3, -0.25) is 9.89 Å². The third-order valence-corrected chi connectivity index (χ3v) is 5.15. The summed E-state index contributed by atoms with van der Waals surface area (Å²) in [5.41, 5.74) is 0.974. The second-order valence-electron chi connectivity index (χ2n) is 5.16. The first-order valence-corrected chi connectivity index (χ1v) is 8.99. The van der Waals surface area contributed by atoms with Gasteiger partial charge < -0.3 is 5.32 Å². The number of carbonyl (C=O) groups excluding carboxylic acids is 1. The summed E-state index contributed by atoms with van der Waals surface area (Å²) in [6.07, 6.45) is 0. The molecule has 0 aliphatic heterocycles.